The molecule has 2 aromatic rings. The normalized spacial score (nSPS) is 24.9. The van der Waals surface area contributed by atoms with Crippen molar-refractivity contribution in [3.05, 3.63) is 30.0 Å². The van der Waals surface area contributed by atoms with Gasteiger partial charge < -0.3 is 15.0 Å². The number of likely N-dealkylation sites (tertiary alicyclic amines) is 1. The van der Waals surface area contributed by atoms with E-state index in [1.165, 1.54) is 4.68 Å². The number of ether oxygens (including phenoxy) is 1. The van der Waals surface area contributed by atoms with Crippen LogP contribution >= 0.6 is 0 Å². The molecule has 3 heterocycles. The predicted octanol–water partition coefficient (Wildman–Crippen LogP) is 2.18. The van der Waals surface area contributed by atoms with Crippen LogP contribution in [0.3, 0.4) is 0 Å². The minimum absolute atomic E-state index is 0.106. The van der Waals surface area contributed by atoms with Gasteiger partial charge in [0, 0.05) is 36.6 Å². The smallest absolute Gasteiger partial charge is 0.435 e. The monoisotopic (exact) mass is 413 g/mol. The van der Waals surface area contributed by atoms with Crippen molar-refractivity contribution in [1.29, 1.82) is 0 Å². The number of carbonyl (C=O) groups is 2. The van der Waals surface area contributed by atoms with Gasteiger partial charge in [-0.25, -0.2) is 4.79 Å². The molecule has 0 radical (unpaired) electrons. The molecule has 4 rings (SSSR count). The van der Waals surface area contributed by atoms with E-state index in [-0.39, 0.29) is 23.6 Å². The van der Waals surface area contributed by atoms with Gasteiger partial charge in [0.25, 0.3) is 5.91 Å². The first-order chi connectivity index (χ1) is 14.3. The minimum atomic E-state index is -0.559. The highest BCUT2D eigenvalue weighted by atomic mass is 16.6. The number of rotatable bonds is 4. The molecule has 2 bridgehead atoms. The van der Waals surface area contributed by atoms with Crippen LogP contribution in [0.2, 0.25) is 0 Å². The standard InChI is InChI=1S/C22H31N5O3/c1-14(2)13-30-22(29)27-19-8-6-5-7-18(19)20(24-27)21(28)23-15-9-16-11-25(3)12-17(10-15)26(16)4/h5-8,14-17H,9-13H2,1-4H3,(H,23,28)/t15?,16-,17+. The van der Waals surface area contributed by atoms with E-state index < -0.39 is 6.09 Å². The quantitative estimate of drug-likeness (QED) is 0.828. The van der Waals surface area contributed by atoms with Gasteiger partial charge >= 0.3 is 6.09 Å². The molecule has 8 heteroatoms. The van der Waals surface area contributed by atoms with Crippen molar-refractivity contribution in [3.8, 4) is 0 Å². The summed E-state index contributed by atoms with van der Waals surface area (Å²) in [5.74, 6) is -0.0101. The van der Waals surface area contributed by atoms with Gasteiger partial charge in [-0.3, -0.25) is 9.69 Å². The summed E-state index contributed by atoms with van der Waals surface area (Å²) in [5, 5.41) is 8.18. The van der Waals surface area contributed by atoms with E-state index in [0.717, 1.165) is 25.9 Å². The van der Waals surface area contributed by atoms with Crippen LogP contribution < -0.4 is 5.32 Å². The summed E-state index contributed by atoms with van der Waals surface area (Å²) in [6.07, 6.45) is 1.27. The third-order valence-corrected chi connectivity index (χ3v) is 6.16. The van der Waals surface area contributed by atoms with Crippen LogP contribution in [0.15, 0.2) is 24.3 Å². The second kappa shape index (κ2) is 8.35. The van der Waals surface area contributed by atoms with E-state index in [1.807, 2.05) is 32.0 Å². The van der Waals surface area contributed by atoms with Gasteiger partial charge in [0.05, 0.1) is 12.1 Å². The molecule has 0 aliphatic carbocycles. The highest BCUT2D eigenvalue weighted by Gasteiger charge is 2.38. The molecule has 1 aromatic carbocycles. The second-order valence-electron chi connectivity index (χ2n) is 9.08. The molecule has 162 valence electrons. The number of nitrogens with one attached hydrogen (secondary N) is 1. The van der Waals surface area contributed by atoms with Gasteiger partial charge in [0.15, 0.2) is 5.69 Å². The topological polar surface area (TPSA) is 79.7 Å². The highest BCUT2D eigenvalue weighted by Crippen LogP contribution is 2.27. The molecule has 2 aliphatic heterocycles. The Kier molecular flexibility index (Phi) is 5.79. The lowest BCUT2D eigenvalue weighted by Gasteiger charge is -2.50. The first-order valence-electron chi connectivity index (χ1n) is 10.7. The fraction of sp³-hybridized carbons (Fsp3) is 0.591. The van der Waals surface area contributed by atoms with Crippen molar-refractivity contribution in [2.75, 3.05) is 33.8 Å². The van der Waals surface area contributed by atoms with Gasteiger partial charge in [0.2, 0.25) is 0 Å². The van der Waals surface area contributed by atoms with E-state index in [4.69, 9.17) is 4.74 Å². The summed E-state index contributed by atoms with van der Waals surface area (Å²) in [7, 11) is 4.33. The van der Waals surface area contributed by atoms with Crippen molar-refractivity contribution in [3.63, 3.8) is 0 Å². The summed E-state index contributed by atoms with van der Waals surface area (Å²) < 4.78 is 6.53. The van der Waals surface area contributed by atoms with Gasteiger partial charge in [-0.1, -0.05) is 32.0 Å². The van der Waals surface area contributed by atoms with Crippen LogP contribution in [0, 0.1) is 5.92 Å². The van der Waals surface area contributed by atoms with Crippen molar-refractivity contribution in [1.82, 2.24) is 24.9 Å². The van der Waals surface area contributed by atoms with E-state index in [9.17, 15) is 9.59 Å². The number of piperidine rings is 1. The van der Waals surface area contributed by atoms with Gasteiger partial charge in [0.1, 0.15) is 0 Å². The third-order valence-electron chi connectivity index (χ3n) is 6.16. The summed E-state index contributed by atoms with van der Waals surface area (Å²) >= 11 is 0. The highest BCUT2D eigenvalue weighted by molar-refractivity contribution is 6.06. The average molecular weight is 414 g/mol. The number of para-hydroxylation sites is 1. The largest absolute Gasteiger partial charge is 0.448 e. The molecule has 2 saturated heterocycles. The molecule has 1 unspecified atom stereocenters. The lowest BCUT2D eigenvalue weighted by molar-refractivity contribution is 0.00837. The average Bonchev–Trinajstić information content (AvgIpc) is 3.08. The van der Waals surface area contributed by atoms with Gasteiger partial charge in [-0.2, -0.15) is 9.78 Å². The first-order valence-corrected chi connectivity index (χ1v) is 10.7. The van der Waals surface area contributed by atoms with Crippen molar-refractivity contribution >= 4 is 22.9 Å². The minimum Gasteiger partial charge on any atom is -0.448 e. The Balaban J connectivity index is 1.53. The predicted molar refractivity (Wildman–Crippen MR) is 115 cm³/mol. The molecule has 2 fully saturated rings. The van der Waals surface area contributed by atoms with Crippen LogP contribution in [0.1, 0.15) is 37.2 Å². The SMILES string of the molecule is CC(C)COC(=O)n1nc(C(=O)NC2C[C@@H]3CN(C)C[C@H](C2)N3C)c2ccccc21. The number of amides is 1. The van der Waals surface area contributed by atoms with Crippen LogP contribution in [0.4, 0.5) is 4.79 Å². The van der Waals surface area contributed by atoms with Gasteiger partial charge in [-0.15, -0.1) is 0 Å². The molecule has 30 heavy (non-hydrogen) atoms. The number of piperazine rings is 1. The Morgan fingerprint density at radius 3 is 2.50 bits per heavy atom. The summed E-state index contributed by atoms with van der Waals surface area (Å²) in [6, 6.07) is 8.26. The Labute approximate surface area is 177 Å². The van der Waals surface area contributed by atoms with E-state index >= 15 is 0 Å². The molecule has 0 spiro atoms. The number of likely N-dealkylation sites (N-methyl/N-ethyl adjacent to an activating group) is 2. The Morgan fingerprint density at radius 2 is 1.83 bits per heavy atom. The molecule has 2 aliphatic rings. The molecule has 1 aromatic heterocycles. The fourth-order valence-corrected chi connectivity index (χ4v) is 4.63. The number of benzene rings is 1. The van der Waals surface area contributed by atoms with Crippen molar-refractivity contribution < 1.29 is 14.3 Å². The molecule has 8 nitrogen and oxygen atoms in total. The number of aromatic nitrogens is 2. The number of nitrogens with zero attached hydrogens (tertiary/aromatic N) is 4. The van der Waals surface area contributed by atoms with E-state index in [1.54, 1.807) is 6.07 Å². The number of fused-ring (bicyclic) bond motifs is 3. The van der Waals surface area contributed by atoms with Crippen LogP contribution in [0.25, 0.3) is 10.9 Å². The lowest BCUT2D eigenvalue weighted by Crippen LogP contribution is -2.63. The number of hydrogen-bond donors (Lipinski definition) is 1. The molecular weight excluding hydrogens is 382 g/mol. The first kappa shape index (κ1) is 20.8. The summed E-state index contributed by atoms with van der Waals surface area (Å²) in [6.45, 7) is 6.28. The second-order valence-corrected chi connectivity index (χ2v) is 9.08. The molecule has 1 amide bonds. The Hall–Kier alpha value is -2.45. The number of hydrogen-bond acceptors (Lipinski definition) is 6. The van der Waals surface area contributed by atoms with Crippen LogP contribution in [0.5, 0.6) is 0 Å². The Bertz CT molecular complexity index is 924. The van der Waals surface area contributed by atoms with Gasteiger partial charge in [-0.05, 0) is 38.9 Å². The van der Waals surface area contributed by atoms with Crippen molar-refractivity contribution in [2.45, 2.75) is 44.8 Å². The fourth-order valence-electron chi connectivity index (χ4n) is 4.63. The van der Waals surface area contributed by atoms with Crippen LogP contribution in [-0.2, 0) is 4.74 Å². The molecule has 3 atom stereocenters. The zero-order valence-corrected chi connectivity index (χ0v) is 18.2. The number of carbonyl (C=O) groups excluding carboxylic acids is 2. The van der Waals surface area contributed by atoms with Crippen LogP contribution in [-0.4, -0.2) is 83.5 Å². The van der Waals surface area contributed by atoms with Crippen molar-refractivity contribution in [2.24, 2.45) is 5.92 Å². The maximum atomic E-state index is 13.1. The zero-order chi connectivity index (χ0) is 21.4. The molecular formula is C22H31N5O3. The molecule has 1 N–H and O–H groups in total. The Morgan fingerprint density at radius 1 is 1.17 bits per heavy atom. The third kappa shape index (κ3) is 4.06. The summed E-state index contributed by atoms with van der Waals surface area (Å²) in [4.78, 5) is 30.5. The van der Waals surface area contributed by atoms with E-state index in [0.29, 0.717) is 29.6 Å². The molecule has 0 saturated carbocycles. The maximum absolute atomic E-state index is 13.1. The van der Waals surface area contributed by atoms with E-state index in [2.05, 4.69) is 34.3 Å². The lowest BCUT2D eigenvalue weighted by atomic mass is 9.88. The maximum Gasteiger partial charge on any atom is 0.435 e. The summed E-state index contributed by atoms with van der Waals surface area (Å²) in [5.41, 5.74) is 0.853. The zero-order valence-electron chi connectivity index (χ0n) is 18.2.